The van der Waals surface area contributed by atoms with E-state index in [9.17, 15) is 0 Å². The van der Waals surface area contributed by atoms with Gasteiger partial charge in [-0.2, -0.15) is 0 Å². The van der Waals surface area contributed by atoms with Gasteiger partial charge in [-0.1, -0.05) is 17.7 Å². The zero-order valence-electron chi connectivity index (χ0n) is 21.2. The van der Waals surface area contributed by atoms with Crippen molar-refractivity contribution >= 4 is 46.0 Å². The smallest absolute Gasteiger partial charge is 0.225 e. The molecular formula is C26H31ClFN9. The zero-order chi connectivity index (χ0) is 26.1. The Kier molecular flexibility index (Phi) is 7.12. The summed E-state index contributed by atoms with van der Waals surface area (Å²) in [5.74, 6) is 0.730. The molecule has 9 nitrogen and oxygen atoms in total. The van der Waals surface area contributed by atoms with Gasteiger partial charge < -0.3 is 20.9 Å². The van der Waals surface area contributed by atoms with Crippen LogP contribution in [0.15, 0.2) is 43.0 Å². The summed E-state index contributed by atoms with van der Waals surface area (Å²) in [5.41, 5.74) is 9.26. The summed E-state index contributed by atoms with van der Waals surface area (Å²) in [4.78, 5) is 23.6. The Labute approximate surface area is 221 Å². The van der Waals surface area contributed by atoms with Gasteiger partial charge in [0.2, 0.25) is 5.95 Å². The number of hydrogen-bond acceptors (Lipinski definition) is 9. The maximum Gasteiger partial charge on any atom is 0.225 e. The Hall–Kier alpha value is -3.50. The molecule has 37 heavy (non-hydrogen) atoms. The van der Waals surface area contributed by atoms with Crippen LogP contribution in [0.1, 0.15) is 25.8 Å². The van der Waals surface area contributed by atoms with Gasteiger partial charge in [0.25, 0.3) is 0 Å². The van der Waals surface area contributed by atoms with E-state index in [1.54, 1.807) is 24.5 Å². The molecule has 0 spiro atoms. The van der Waals surface area contributed by atoms with Gasteiger partial charge in [0.05, 0.1) is 11.4 Å². The molecule has 2 aromatic heterocycles. The van der Waals surface area contributed by atoms with Gasteiger partial charge in [-0.15, -0.1) is 0 Å². The number of anilines is 5. The number of nitrogens with two attached hydrogens (primary N) is 1. The summed E-state index contributed by atoms with van der Waals surface area (Å²) in [7, 11) is 2.12. The van der Waals surface area contributed by atoms with Crippen molar-refractivity contribution in [1.82, 2.24) is 24.8 Å². The molecule has 0 saturated carbocycles. The summed E-state index contributed by atoms with van der Waals surface area (Å²) in [6.07, 6.45) is 7.63. The first-order valence-electron chi connectivity index (χ1n) is 12.4. The lowest BCUT2D eigenvalue weighted by atomic mass is 9.98. The molecule has 11 heteroatoms. The largest absolute Gasteiger partial charge is 0.393 e. The highest BCUT2D eigenvalue weighted by molar-refractivity contribution is 6.32. The fourth-order valence-electron chi connectivity index (χ4n) is 4.94. The van der Waals surface area contributed by atoms with Crippen molar-refractivity contribution < 1.29 is 4.39 Å². The van der Waals surface area contributed by atoms with Crippen molar-refractivity contribution in [2.24, 2.45) is 0 Å². The topological polar surface area (TPSA) is 99.3 Å². The van der Waals surface area contributed by atoms with Crippen molar-refractivity contribution in [3.8, 4) is 0 Å². The fraction of sp³-hybridized carbons (Fsp3) is 0.385. The van der Waals surface area contributed by atoms with E-state index in [0.717, 1.165) is 37.3 Å². The van der Waals surface area contributed by atoms with Crippen LogP contribution in [0.3, 0.4) is 0 Å². The first-order valence-corrected chi connectivity index (χ1v) is 12.7. The Bertz CT molecular complexity index is 1290. The van der Waals surface area contributed by atoms with Crippen LogP contribution in [0, 0.1) is 5.82 Å². The zero-order valence-corrected chi connectivity index (χ0v) is 22.0. The molecule has 2 atom stereocenters. The van der Waals surface area contributed by atoms with Crippen LogP contribution in [0.4, 0.5) is 33.2 Å². The number of hydrogen-bond donors (Lipinski definition) is 2. The first-order chi connectivity index (χ1) is 17.8. The molecule has 3 aromatic rings. The van der Waals surface area contributed by atoms with Gasteiger partial charge in [-0.25, -0.2) is 24.3 Å². The molecule has 0 bridgehead atoms. The molecule has 3 N–H and O–H groups in total. The van der Waals surface area contributed by atoms with Gasteiger partial charge in [0, 0.05) is 56.2 Å². The quantitative estimate of drug-likeness (QED) is 0.476. The van der Waals surface area contributed by atoms with E-state index in [2.05, 4.69) is 66.9 Å². The monoisotopic (exact) mass is 523 g/mol. The summed E-state index contributed by atoms with van der Waals surface area (Å²) in [5, 5.41) is 3.49. The summed E-state index contributed by atoms with van der Waals surface area (Å²) in [6, 6.07) is 5.85. The number of nitrogens with one attached hydrogen (secondary N) is 1. The average molecular weight is 524 g/mol. The van der Waals surface area contributed by atoms with E-state index in [4.69, 9.17) is 17.3 Å². The van der Waals surface area contributed by atoms with Crippen molar-refractivity contribution in [3.63, 3.8) is 0 Å². The highest BCUT2D eigenvalue weighted by Gasteiger charge is 2.29. The molecule has 1 saturated heterocycles. The van der Waals surface area contributed by atoms with Crippen LogP contribution in [-0.2, 0) is 0 Å². The fourth-order valence-corrected chi connectivity index (χ4v) is 5.07. The van der Waals surface area contributed by atoms with Crippen LogP contribution in [0.25, 0.3) is 5.57 Å². The maximum atomic E-state index is 15.8. The minimum atomic E-state index is -0.282. The van der Waals surface area contributed by atoms with Gasteiger partial charge in [-0.05, 0) is 51.1 Å². The number of nitrogens with zero attached hydrogens (tertiary/aromatic N) is 7. The van der Waals surface area contributed by atoms with Gasteiger partial charge in [0.1, 0.15) is 17.8 Å². The minimum Gasteiger partial charge on any atom is -0.393 e. The number of likely N-dealkylation sites (N-methyl/N-ethyl adjacent to an activating group) is 1. The normalized spacial score (nSPS) is 20.6. The van der Waals surface area contributed by atoms with E-state index in [1.165, 1.54) is 6.33 Å². The predicted molar refractivity (Wildman–Crippen MR) is 147 cm³/mol. The van der Waals surface area contributed by atoms with E-state index in [0.29, 0.717) is 41.6 Å². The lowest BCUT2D eigenvalue weighted by molar-refractivity contribution is 0.170. The molecule has 0 aliphatic carbocycles. The molecular weight excluding hydrogens is 493 g/mol. The van der Waals surface area contributed by atoms with E-state index in [-0.39, 0.29) is 16.7 Å². The molecule has 0 radical (unpaired) electrons. The van der Waals surface area contributed by atoms with Crippen LogP contribution in [0.2, 0.25) is 5.15 Å². The number of aromatic nitrogens is 4. The third kappa shape index (κ3) is 5.17. The number of rotatable bonds is 5. The Morgan fingerprint density at radius 2 is 1.78 bits per heavy atom. The minimum absolute atomic E-state index is 0.164. The second kappa shape index (κ2) is 10.5. The number of nitrogen functional groups attached to an aromatic ring is 1. The number of piperazine rings is 1. The maximum absolute atomic E-state index is 15.8. The van der Waals surface area contributed by atoms with Crippen molar-refractivity contribution in [2.45, 2.75) is 32.4 Å². The van der Waals surface area contributed by atoms with Crippen LogP contribution < -0.4 is 20.9 Å². The molecule has 5 rings (SSSR count). The molecule has 0 amide bonds. The lowest BCUT2D eigenvalue weighted by Crippen LogP contribution is -2.55. The molecule has 2 aliphatic rings. The molecule has 1 aromatic carbocycles. The molecule has 4 heterocycles. The van der Waals surface area contributed by atoms with E-state index in [1.807, 2.05) is 6.07 Å². The van der Waals surface area contributed by atoms with Gasteiger partial charge in [-0.3, -0.25) is 4.90 Å². The number of halogens is 2. The van der Waals surface area contributed by atoms with Crippen molar-refractivity contribution in [1.29, 1.82) is 0 Å². The third-order valence-electron chi connectivity index (χ3n) is 7.21. The third-order valence-corrected chi connectivity index (χ3v) is 7.51. The van der Waals surface area contributed by atoms with Crippen molar-refractivity contribution in [2.75, 3.05) is 54.1 Å². The lowest BCUT2D eigenvalue weighted by Gasteiger charge is -2.44. The highest BCUT2D eigenvalue weighted by atomic mass is 35.5. The first kappa shape index (κ1) is 25.2. The second-order valence-corrected chi connectivity index (χ2v) is 10.0. The molecule has 194 valence electrons. The van der Waals surface area contributed by atoms with Crippen molar-refractivity contribution in [3.05, 3.63) is 59.5 Å². The molecule has 1 fully saturated rings. The van der Waals surface area contributed by atoms with Crippen LogP contribution >= 0.6 is 11.6 Å². The summed E-state index contributed by atoms with van der Waals surface area (Å²) >= 11 is 6.16. The Morgan fingerprint density at radius 3 is 2.51 bits per heavy atom. The SMILES string of the molecule is C[C@@H]1CN(c2cc(F)c(C3=CCCN(c4ncccn4)C3)cc2Nc2ncnc(Cl)c2N)C[C@H](C)N1C. The van der Waals surface area contributed by atoms with Crippen LogP contribution in [-0.4, -0.2) is 70.1 Å². The van der Waals surface area contributed by atoms with Crippen LogP contribution in [0.5, 0.6) is 0 Å². The molecule has 2 aliphatic heterocycles. The van der Waals surface area contributed by atoms with E-state index < -0.39 is 0 Å². The van der Waals surface area contributed by atoms with E-state index >= 15 is 4.39 Å². The standard InChI is InChI=1S/C26H31ClFN9/c1-16-12-37(13-17(2)35(16)3)22-11-20(28)19(10-21(22)34-25-23(29)24(27)32-15-33-25)18-6-4-9-36(14-18)26-30-7-5-8-31-26/h5-8,10-11,15-17H,4,9,12-14,29H2,1-3H3,(H,32,33,34)/t16-,17+. The number of benzene rings is 1. The highest BCUT2D eigenvalue weighted by Crippen LogP contribution is 2.38. The summed E-state index contributed by atoms with van der Waals surface area (Å²) in [6.45, 7) is 7.15. The van der Waals surface area contributed by atoms with Gasteiger partial charge in [0.15, 0.2) is 11.0 Å². The second-order valence-electron chi connectivity index (χ2n) is 9.66. The summed E-state index contributed by atoms with van der Waals surface area (Å²) < 4.78 is 15.8. The Morgan fingerprint density at radius 1 is 1.05 bits per heavy atom. The Balaban J connectivity index is 1.54. The average Bonchev–Trinajstić information content (AvgIpc) is 2.91. The van der Waals surface area contributed by atoms with Gasteiger partial charge >= 0.3 is 0 Å². The predicted octanol–water partition coefficient (Wildman–Crippen LogP) is 4.21. The molecule has 0 unspecified atom stereocenters.